The summed E-state index contributed by atoms with van der Waals surface area (Å²) < 4.78 is 32.4. The van der Waals surface area contributed by atoms with E-state index in [1.807, 2.05) is 11.8 Å². The van der Waals surface area contributed by atoms with Crippen molar-refractivity contribution >= 4 is 21.8 Å². The summed E-state index contributed by atoms with van der Waals surface area (Å²) in [6.45, 7) is 9.18. The summed E-state index contributed by atoms with van der Waals surface area (Å²) in [5.74, 6) is 0.179. The molecule has 0 saturated carbocycles. The van der Waals surface area contributed by atoms with Crippen molar-refractivity contribution in [3.63, 3.8) is 0 Å². The van der Waals surface area contributed by atoms with Crippen molar-refractivity contribution in [1.29, 1.82) is 0 Å². The first-order valence-electron chi connectivity index (χ1n) is 12.0. The summed E-state index contributed by atoms with van der Waals surface area (Å²) in [4.78, 5) is 33.8. The predicted molar refractivity (Wildman–Crippen MR) is 127 cm³/mol. The second-order valence-electron chi connectivity index (χ2n) is 9.02. The molecule has 10 nitrogen and oxygen atoms in total. The van der Waals surface area contributed by atoms with E-state index in [0.717, 1.165) is 26.2 Å². The maximum Gasteiger partial charge on any atom is 0.243 e. The zero-order chi connectivity index (χ0) is 24.1. The van der Waals surface area contributed by atoms with Crippen molar-refractivity contribution < 1.29 is 22.7 Å². The Labute approximate surface area is 202 Å². The van der Waals surface area contributed by atoms with Gasteiger partial charge in [0.05, 0.1) is 30.7 Å². The fraction of sp³-hybridized carbons (Fsp3) is 0.652. The van der Waals surface area contributed by atoms with Gasteiger partial charge in [0.2, 0.25) is 21.8 Å². The maximum atomic E-state index is 13.1. The highest BCUT2D eigenvalue weighted by molar-refractivity contribution is 7.89. The second-order valence-corrected chi connectivity index (χ2v) is 11.0. The summed E-state index contributed by atoms with van der Waals surface area (Å²) in [5, 5.41) is 0. The van der Waals surface area contributed by atoms with Crippen LogP contribution in [0, 0.1) is 0 Å². The average molecular weight is 494 g/mol. The van der Waals surface area contributed by atoms with Crippen LogP contribution < -0.4 is 0 Å². The third kappa shape index (κ3) is 5.77. The summed E-state index contributed by atoms with van der Waals surface area (Å²) in [7, 11) is -3.53. The van der Waals surface area contributed by atoms with Crippen LogP contribution in [0.15, 0.2) is 35.2 Å². The standard InChI is InChI=1S/C23H35N5O5S/c1-20(25-9-7-24(8-10-25)19-22(29)26-15-17-33-18-16-26)23(30)27-11-13-28(14-12-27)34(31,32)21-5-3-2-4-6-21/h2-6,20H,7-19H2,1H3. The van der Waals surface area contributed by atoms with Gasteiger partial charge in [-0.05, 0) is 19.1 Å². The monoisotopic (exact) mass is 493 g/mol. The van der Waals surface area contributed by atoms with E-state index in [2.05, 4.69) is 9.80 Å². The molecule has 0 radical (unpaired) electrons. The van der Waals surface area contributed by atoms with Gasteiger partial charge in [0.1, 0.15) is 0 Å². The Bertz CT molecular complexity index is 938. The first kappa shape index (κ1) is 25.1. The Hall–Kier alpha value is -2.05. The smallest absolute Gasteiger partial charge is 0.243 e. The van der Waals surface area contributed by atoms with Gasteiger partial charge in [-0.2, -0.15) is 4.31 Å². The molecule has 11 heteroatoms. The van der Waals surface area contributed by atoms with Crippen LogP contribution in [0.2, 0.25) is 0 Å². The lowest BCUT2D eigenvalue weighted by atomic mass is 10.2. The van der Waals surface area contributed by atoms with Crippen molar-refractivity contribution in [3.05, 3.63) is 30.3 Å². The van der Waals surface area contributed by atoms with Crippen LogP contribution in [0.4, 0.5) is 0 Å². The molecule has 0 bridgehead atoms. The second kappa shape index (κ2) is 11.1. The zero-order valence-electron chi connectivity index (χ0n) is 19.8. The average Bonchev–Trinajstić information content (AvgIpc) is 2.89. The minimum atomic E-state index is -3.53. The van der Waals surface area contributed by atoms with Crippen LogP contribution in [0.5, 0.6) is 0 Å². The third-order valence-corrected chi connectivity index (χ3v) is 8.88. The van der Waals surface area contributed by atoms with Crippen molar-refractivity contribution in [1.82, 2.24) is 23.9 Å². The summed E-state index contributed by atoms with van der Waals surface area (Å²) in [6.07, 6.45) is 0. The molecule has 3 heterocycles. The molecule has 34 heavy (non-hydrogen) atoms. The van der Waals surface area contributed by atoms with Crippen molar-refractivity contribution in [2.24, 2.45) is 0 Å². The number of rotatable bonds is 6. The van der Waals surface area contributed by atoms with E-state index in [4.69, 9.17) is 4.74 Å². The molecule has 1 aromatic carbocycles. The van der Waals surface area contributed by atoms with Crippen LogP contribution in [-0.2, 0) is 24.3 Å². The van der Waals surface area contributed by atoms with E-state index in [-0.39, 0.29) is 22.8 Å². The SMILES string of the molecule is CC(C(=O)N1CCN(S(=O)(=O)c2ccccc2)CC1)N1CCN(CC(=O)N2CCOCC2)CC1. The first-order chi connectivity index (χ1) is 16.4. The lowest BCUT2D eigenvalue weighted by Gasteiger charge is -2.41. The molecule has 0 N–H and O–H groups in total. The number of amides is 2. The molecule has 188 valence electrons. The fourth-order valence-corrected chi connectivity index (χ4v) is 6.17. The van der Waals surface area contributed by atoms with Gasteiger partial charge < -0.3 is 14.5 Å². The highest BCUT2D eigenvalue weighted by Gasteiger charge is 2.34. The van der Waals surface area contributed by atoms with Gasteiger partial charge in [-0.3, -0.25) is 19.4 Å². The van der Waals surface area contributed by atoms with E-state index in [9.17, 15) is 18.0 Å². The molecular formula is C23H35N5O5S. The minimum Gasteiger partial charge on any atom is -0.378 e. The highest BCUT2D eigenvalue weighted by atomic mass is 32.2. The van der Waals surface area contributed by atoms with Crippen molar-refractivity contribution in [2.45, 2.75) is 17.9 Å². The van der Waals surface area contributed by atoms with Gasteiger partial charge >= 0.3 is 0 Å². The Morgan fingerprint density at radius 3 is 2.09 bits per heavy atom. The molecule has 3 saturated heterocycles. The predicted octanol–water partition coefficient (Wildman–Crippen LogP) is -0.616. The summed E-state index contributed by atoms with van der Waals surface area (Å²) >= 11 is 0. The van der Waals surface area contributed by atoms with Gasteiger partial charge in [0.25, 0.3) is 0 Å². The normalized spacial score (nSPS) is 22.5. The molecule has 3 fully saturated rings. The van der Waals surface area contributed by atoms with Crippen LogP contribution >= 0.6 is 0 Å². The largest absolute Gasteiger partial charge is 0.378 e. The van der Waals surface area contributed by atoms with E-state index in [1.54, 1.807) is 35.2 Å². The van der Waals surface area contributed by atoms with Crippen LogP contribution in [0.1, 0.15) is 6.92 Å². The summed E-state index contributed by atoms with van der Waals surface area (Å²) in [6, 6.07) is 8.15. The van der Waals surface area contributed by atoms with E-state index in [1.165, 1.54) is 4.31 Å². The number of benzene rings is 1. The first-order valence-corrected chi connectivity index (χ1v) is 13.5. The highest BCUT2D eigenvalue weighted by Crippen LogP contribution is 2.18. The van der Waals surface area contributed by atoms with Crippen LogP contribution in [0.3, 0.4) is 0 Å². The molecule has 1 atom stereocenters. The molecule has 3 aliphatic heterocycles. The Morgan fingerprint density at radius 2 is 1.47 bits per heavy atom. The van der Waals surface area contributed by atoms with E-state index in [0.29, 0.717) is 59.0 Å². The molecule has 2 amide bonds. The lowest BCUT2D eigenvalue weighted by Crippen LogP contribution is -2.58. The van der Waals surface area contributed by atoms with Crippen LogP contribution in [0.25, 0.3) is 0 Å². The molecule has 0 aliphatic carbocycles. The molecule has 1 unspecified atom stereocenters. The van der Waals surface area contributed by atoms with Gasteiger partial charge in [-0.25, -0.2) is 8.42 Å². The van der Waals surface area contributed by atoms with Crippen LogP contribution in [-0.4, -0.2) is 135 Å². The number of morpholine rings is 1. The molecule has 4 rings (SSSR count). The molecular weight excluding hydrogens is 458 g/mol. The van der Waals surface area contributed by atoms with Gasteiger partial charge in [-0.15, -0.1) is 0 Å². The van der Waals surface area contributed by atoms with Crippen molar-refractivity contribution in [2.75, 3.05) is 85.2 Å². The number of carbonyl (C=O) groups is 2. The number of hydrogen-bond donors (Lipinski definition) is 0. The lowest BCUT2D eigenvalue weighted by molar-refractivity contribution is -0.140. The number of hydrogen-bond acceptors (Lipinski definition) is 7. The van der Waals surface area contributed by atoms with E-state index >= 15 is 0 Å². The molecule has 0 spiro atoms. The van der Waals surface area contributed by atoms with Gasteiger partial charge in [0.15, 0.2) is 0 Å². The Morgan fingerprint density at radius 1 is 0.853 bits per heavy atom. The summed E-state index contributed by atoms with van der Waals surface area (Å²) in [5.41, 5.74) is 0. The third-order valence-electron chi connectivity index (χ3n) is 6.97. The number of nitrogens with zero attached hydrogens (tertiary/aromatic N) is 5. The molecule has 0 aromatic heterocycles. The van der Waals surface area contributed by atoms with Crippen molar-refractivity contribution in [3.8, 4) is 0 Å². The number of piperazine rings is 2. The number of carbonyl (C=O) groups excluding carboxylic acids is 2. The Balaban J connectivity index is 1.23. The van der Waals surface area contributed by atoms with Gasteiger partial charge in [-0.1, -0.05) is 18.2 Å². The number of ether oxygens (including phenoxy) is 1. The molecule has 1 aromatic rings. The van der Waals surface area contributed by atoms with Gasteiger partial charge in [0, 0.05) is 65.4 Å². The quantitative estimate of drug-likeness (QED) is 0.522. The molecule has 3 aliphatic rings. The van der Waals surface area contributed by atoms with E-state index < -0.39 is 10.0 Å². The zero-order valence-corrected chi connectivity index (χ0v) is 20.7. The fourth-order valence-electron chi connectivity index (χ4n) is 4.72. The Kier molecular flexibility index (Phi) is 8.20. The minimum absolute atomic E-state index is 0.0367. The maximum absolute atomic E-state index is 13.1. The number of sulfonamides is 1. The topological polar surface area (TPSA) is 93.7 Å².